The van der Waals surface area contributed by atoms with Crippen molar-refractivity contribution in [1.29, 1.82) is 0 Å². The lowest BCUT2D eigenvalue weighted by atomic mass is 10.2. The first kappa shape index (κ1) is 20.1. The second-order valence-corrected chi connectivity index (χ2v) is 6.35. The van der Waals surface area contributed by atoms with E-state index >= 15 is 0 Å². The Bertz CT molecular complexity index is 933. The Hall–Kier alpha value is -3.68. The van der Waals surface area contributed by atoms with Gasteiger partial charge in [-0.2, -0.15) is 15.0 Å². The smallest absolute Gasteiger partial charge is 0.306 e. The quantitative estimate of drug-likeness (QED) is 0.420. The molecule has 0 saturated heterocycles. The zero-order chi connectivity index (χ0) is 20.5. The Morgan fingerprint density at radius 3 is 2.55 bits per heavy atom. The van der Waals surface area contributed by atoms with E-state index in [1.165, 1.54) is 0 Å². The van der Waals surface area contributed by atoms with Crippen molar-refractivity contribution in [3.8, 4) is 5.75 Å². The lowest BCUT2D eigenvalue weighted by molar-refractivity contribution is -0.145. The van der Waals surface area contributed by atoms with Gasteiger partial charge in [-0.1, -0.05) is 35.9 Å². The van der Waals surface area contributed by atoms with Gasteiger partial charge in [0.05, 0.1) is 6.61 Å². The number of aryl methyl sites for hydroxylation is 1. The lowest BCUT2D eigenvalue weighted by Crippen LogP contribution is -2.11. The number of benzene rings is 2. The number of hydrogen-bond acceptors (Lipinski definition) is 8. The lowest BCUT2D eigenvalue weighted by Gasteiger charge is -2.09. The Balaban J connectivity index is 1.45. The first-order valence-electron chi connectivity index (χ1n) is 9.26. The number of nitrogens with zero attached hydrogens (tertiary/aromatic N) is 3. The maximum Gasteiger partial charge on any atom is 0.306 e. The molecule has 0 saturated carbocycles. The van der Waals surface area contributed by atoms with E-state index in [4.69, 9.17) is 15.2 Å². The number of esters is 1. The summed E-state index contributed by atoms with van der Waals surface area (Å²) in [6.07, 6.45) is 0.787. The van der Waals surface area contributed by atoms with Gasteiger partial charge in [0.15, 0.2) is 12.4 Å². The number of nitrogen functional groups attached to an aromatic ring is 1. The van der Waals surface area contributed by atoms with Gasteiger partial charge < -0.3 is 20.5 Å². The van der Waals surface area contributed by atoms with Crippen LogP contribution in [0.15, 0.2) is 54.6 Å². The van der Waals surface area contributed by atoms with E-state index in [1.54, 1.807) is 0 Å². The van der Waals surface area contributed by atoms with E-state index in [-0.39, 0.29) is 30.8 Å². The summed E-state index contributed by atoms with van der Waals surface area (Å²) in [5.74, 6) is 1.05. The van der Waals surface area contributed by atoms with E-state index in [0.29, 0.717) is 19.0 Å². The number of anilines is 3. The summed E-state index contributed by atoms with van der Waals surface area (Å²) >= 11 is 0. The molecule has 0 atom stereocenters. The number of rotatable bonds is 9. The van der Waals surface area contributed by atoms with Gasteiger partial charge in [0.1, 0.15) is 5.75 Å². The molecule has 3 aromatic rings. The molecule has 0 unspecified atom stereocenters. The molecule has 0 fully saturated rings. The molecule has 3 rings (SSSR count). The summed E-state index contributed by atoms with van der Waals surface area (Å²) in [4.78, 5) is 24.2. The number of nitrogens with one attached hydrogen (secondary N) is 1. The van der Waals surface area contributed by atoms with Gasteiger partial charge in [0.2, 0.25) is 11.9 Å². The summed E-state index contributed by atoms with van der Waals surface area (Å²) in [5, 5.41) is 3.06. The molecule has 1 aromatic heterocycles. The summed E-state index contributed by atoms with van der Waals surface area (Å²) in [6, 6.07) is 17.2. The molecule has 0 aliphatic heterocycles. The average Bonchev–Trinajstić information content (AvgIpc) is 2.72. The fourth-order valence-corrected chi connectivity index (χ4v) is 2.46. The maximum atomic E-state index is 11.9. The van der Waals surface area contributed by atoms with Crippen LogP contribution < -0.4 is 15.8 Å². The van der Waals surface area contributed by atoms with E-state index < -0.39 is 0 Å². The molecule has 0 aliphatic rings. The molecule has 3 N–H and O–H groups in total. The molecule has 0 amide bonds. The highest BCUT2D eigenvalue weighted by atomic mass is 16.5. The number of hydrogen-bond donors (Lipinski definition) is 2. The second kappa shape index (κ2) is 10.0. The number of nitrogens with two attached hydrogens (primary N) is 1. The van der Waals surface area contributed by atoms with Crippen LogP contribution in [0.5, 0.6) is 5.75 Å². The van der Waals surface area contributed by atoms with Gasteiger partial charge >= 0.3 is 5.97 Å². The van der Waals surface area contributed by atoms with E-state index in [9.17, 15) is 4.79 Å². The van der Waals surface area contributed by atoms with Crippen LogP contribution in [0.25, 0.3) is 0 Å². The molecule has 8 heteroatoms. The van der Waals surface area contributed by atoms with Crippen molar-refractivity contribution in [2.24, 2.45) is 0 Å². The monoisotopic (exact) mass is 393 g/mol. The van der Waals surface area contributed by atoms with Crippen LogP contribution in [0.1, 0.15) is 24.2 Å². The van der Waals surface area contributed by atoms with Crippen LogP contribution >= 0.6 is 0 Å². The second-order valence-electron chi connectivity index (χ2n) is 6.35. The maximum absolute atomic E-state index is 11.9. The van der Waals surface area contributed by atoms with E-state index in [2.05, 4.69) is 20.3 Å². The van der Waals surface area contributed by atoms with Crippen LogP contribution in [-0.4, -0.2) is 27.5 Å². The Labute approximate surface area is 169 Å². The third-order valence-corrected chi connectivity index (χ3v) is 3.91. The van der Waals surface area contributed by atoms with Crippen molar-refractivity contribution in [2.75, 3.05) is 17.7 Å². The van der Waals surface area contributed by atoms with Crippen molar-refractivity contribution < 1.29 is 14.3 Å². The highest BCUT2D eigenvalue weighted by Gasteiger charge is 2.09. The van der Waals surface area contributed by atoms with Gasteiger partial charge in [0, 0.05) is 12.1 Å². The van der Waals surface area contributed by atoms with Crippen LogP contribution in [0, 0.1) is 6.92 Å². The van der Waals surface area contributed by atoms with E-state index in [1.807, 2.05) is 61.5 Å². The molecule has 150 valence electrons. The van der Waals surface area contributed by atoms with Gasteiger partial charge in [-0.15, -0.1) is 0 Å². The van der Waals surface area contributed by atoms with Crippen molar-refractivity contribution in [3.05, 3.63) is 66.0 Å². The fraction of sp³-hybridized carbons (Fsp3) is 0.238. The average molecular weight is 393 g/mol. The first-order valence-corrected chi connectivity index (χ1v) is 9.26. The standard InChI is InChI=1S/C21H23N5O3/c1-15-9-11-16(12-10-15)23-21-25-18(24-20(22)26-21)14-29-19(27)8-5-13-28-17-6-3-2-4-7-17/h2-4,6-7,9-12H,5,8,13-14H2,1H3,(H3,22,23,24,25,26). The summed E-state index contributed by atoms with van der Waals surface area (Å²) in [7, 11) is 0. The number of para-hydroxylation sites is 1. The minimum absolute atomic E-state index is 0.0527. The number of carbonyl (C=O) groups is 1. The predicted octanol–water partition coefficient (Wildman–Crippen LogP) is 3.41. The van der Waals surface area contributed by atoms with Crippen molar-refractivity contribution in [1.82, 2.24) is 15.0 Å². The summed E-state index contributed by atoms with van der Waals surface area (Å²) < 4.78 is 10.8. The van der Waals surface area contributed by atoms with Crippen LogP contribution in [0.3, 0.4) is 0 Å². The van der Waals surface area contributed by atoms with Crippen LogP contribution in [0.2, 0.25) is 0 Å². The molecular formula is C21H23N5O3. The molecule has 2 aromatic carbocycles. The number of aromatic nitrogens is 3. The van der Waals surface area contributed by atoms with Gasteiger partial charge in [-0.25, -0.2) is 0 Å². The molecule has 0 aliphatic carbocycles. The number of ether oxygens (including phenoxy) is 2. The highest BCUT2D eigenvalue weighted by molar-refractivity contribution is 5.69. The molecule has 8 nitrogen and oxygen atoms in total. The third-order valence-electron chi connectivity index (χ3n) is 3.91. The predicted molar refractivity (Wildman–Crippen MR) is 110 cm³/mol. The summed E-state index contributed by atoms with van der Waals surface area (Å²) in [6.45, 7) is 2.36. The Morgan fingerprint density at radius 2 is 1.79 bits per heavy atom. The SMILES string of the molecule is Cc1ccc(Nc2nc(N)nc(COC(=O)CCCOc3ccccc3)n2)cc1. The summed E-state index contributed by atoms with van der Waals surface area (Å²) in [5.41, 5.74) is 7.71. The molecular weight excluding hydrogens is 370 g/mol. The molecule has 0 radical (unpaired) electrons. The topological polar surface area (TPSA) is 112 Å². The molecule has 1 heterocycles. The van der Waals surface area contributed by atoms with Crippen molar-refractivity contribution in [2.45, 2.75) is 26.4 Å². The van der Waals surface area contributed by atoms with Gasteiger partial charge in [-0.3, -0.25) is 4.79 Å². The minimum atomic E-state index is -0.353. The van der Waals surface area contributed by atoms with Crippen LogP contribution in [0.4, 0.5) is 17.6 Å². The zero-order valence-electron chi connectivity index (χ0n) is 16.2. The minimum Gasteiger partial charge on any atom is -0.494 e. The highest BCUT2D eigenvalue weighted by Crippen LogP contribution is 2.15. The Morgan fingerprint density at radius 1 is 1.03 bits per heavy atom. The van der Waals surface area contributed by atoms with Gasteiger partial charge in [-0.05, 0) is 37.6 Å². The molecule has 29 heavy (non-hydrogen) atoms. The number of carbonyl (C=O) groups excluding carboxylic acids is 1. The molecule has 0 bridgehead atoms. The van der Waals surface area contributed by atoms with Crippen molar-refractivity contribution >= 4 is 23.6 Å². The molecule has 0 spiro atoms. The fourth-order valence-electron chi connectivity index (χ4n) is 2.46. The first-order chi connectivity index (χ1) is 14.1. The van der Waals surface area contributed by atoms with Crippen molar-refractivity contribution in [3.63, 3.8) is 0 Å². The van der Waals surface area contributed by atoms with E-state index in [0.717, 1.165) is 17.0 Å². The zero-order valence-corrected chi connectivity index (χ0v) is 16.2. The largest absolute Gasteiger partial charge is 0.494 e. The van der Waals surface area contributed by atoms with Crippen LogP contribution in [-0.2, 0) is 16.1 Å². The Kier molecular flexibility index (Phi) is 6.94. The normalized spacial score (nSPS) is 10.4. The third kappa shape index (κ3) is 6.76. The van der Waals surface area contributed by atoms with Gasteiger partial charge in [0.25, 0.3) is 0 Å².